The zero-order chi connectivity index (χ0) is 14.1. The highest BCUT2D eigenvalue weighted by Crippen LogP contribution is 2.18. The first-order valence-electron chi connectivity index (χ1n) is 5.88. The molecule has 0 aromatic carbocycles. The fourth-order valence-electron chi connectivity index (χ4n) is 1.77. The largest absolute Gasteiger partial charge is 0.368 e. The summed E-state index contributed by atoms with van der Waals surface area (Å²) < 4.78 is 1.12. The van der Waals surface area contributed by atoms with Crippen LogP contribution in [0.25, 0.3) is 11.4 Å². The van der Waals surface area contributed by atoms with E-state index in [1.807, 2.05) is 6.92 Å². The zero-order valence-electron chi connectivity index (χ0n) is 10.6. The third kappa shape index (κ3) is 2.19. The summed E-state index contributed by atoms with van der Waals surface area (Å²) in [5, 5.41) is 5.96. The lowest BCUT2D eigenvalue weighted by atomic mass is 10.3. The standard InChI is InChI=1S/C13H11N5OS/c1-8-6-10(7-20-8)12(19)18-13(14)16-11(17-18)9-2-4-15-5-3-9/h2-7H,1H3,(H2,14,16,17). The van der Waals surface area contributed by atoms with Gasteiger partial charge in [-0.15, -0.1) is 16.4 Å². The van der Waals surface area contributed by atoms with Crippen LogP contribution in [-0.4, -0.2) is 25.7 Å². The first kappa shape index (κ1) is 12.5. The average molecular weight is 285 g/mol. The van der Waals surface area contributed by atoms with Gasteiger partial charge in [0.25, 0.3) is 5.91 Å². The maximum Gasteiger partial charge on any atom is 0.282 e. The topological polar surface area (TPSA) is 86.7 Å². The Bertz CT molecular complexity index is 762. The minimum atomic E-state index is -0.278. The number of rotatable bonds is 2. The number of carbonyl (C=O) groups excluding carboxylic acids is 1. The molecule has 0 saturated carbocycles. The maximum atomic E-state index is 12.3. The number of nitrogen functional groups attached to an aromatic ring is 1. The molecule has 0 bridgehead atoms. The van der Waals surface area contributed by atoms with Gasteiger partial charge in [-0.3, -0.25) is 9.78 Å². The Morgan fingerprint density at radius 1 is 1.35 bits per heavy atom. The molecule has 0 aliphatic heterocycles. The van der Waals surface area contributed by atoms with Crippen LogP contribution in [0.5, 0.6) is 0 Å². The number of carbonyl (C=O) groups is 1. The highest BCUT2D eigenvalue weighted by Gasteiger charge is 2.17. The summed E-state index contributed by atoms with van der Waals surface area (Å²) in [5.41, 5.74) is 7.10. The average Bonchev–Trinajstić information content (AvgIpc) is 3.05. The van der Waals surface area contributed by atoms with Crippen molar-refractivity contribution in [3.05, 3.63) is 46.4 Å². The minimum Gasteiger partial charge on any atom is -0.368 e. The first-order chi connectivity index (χ1) is 9.65. The Kier molecular flexibility index (Phi) is 3.03. The van der Waals surface area contributed by atoms with Crippen LogP contribution in [0.3, 0.4) is 0 Å². The van der Waals surface area contributed by atoms with Crippen LogP contribution in [0, 0.1) is 6.92 Å². The zero-order valence-corrected chi connectivity index (χ0v) is 11.5. The molecule has 3 rings (SSSR count). The highest BCUT2D eigenvalue weighted by molar-refractivity contribution is 7.10. The van der Waals surface area contributed by atoms with E-state index in [0.717, 1.165) is 15.1 Å². The molecule has 0 atom stereocenters. The van der Waals surface area contributed by atoms with Crippen molar-refractivity contribution in [1.82, 2.24) is 19.7 Å². The fourth-order valence-corrected chi connectivity index (χ4v) is 2.45. The van der Waals surface area contributed by atoms with Crippen LogP contribution in [0.2, 0.25) is 0 Å². The van der Waals surface area contributed by atoms with Gasteiger partial charge in [0.05, 0.1) is 5.56 Å². The lowest BCUT2D eigenvalue weighted by Gasteiger charge is -1.97. The summed E-state index contributed by atoms with van der Waals surface area (Å²) in [4.78, 5) is 21.4. The van der Waals surface area contributed by atoms with Crippen LogP contribution in [-0.2, 0) is 0 Å². The molecule has 3 aromatic rings. The molecule has 0 aliphatic carbocycles. The van der Waals surface area contributed by atoms with Gasteiger partial charge in [-0.2, -0.15) is 9.67 Å². The summed E-state index contributed by atoms with van der Waals surface area (Å²) in [7, 11) is 0. The summed E-state index contributed by atoms with van der Waals surface area (Å²) in [6.07, 6.45) is 3.27. The van der Waals surface area contributed by atoms with Gasteiger partial charge < -0.3 is 5.73 Å². The molecule has 20 heavy (non-hydrogen) atoms. The monoisotopic (exact) mass is 285 g/mol. The van der Waals surface area contributed by atoms with E-state index in [-0.39, 0.29) is 11.9 Å². The Morgan fingerprint density at radius 2 is 2.10 bits per heavy atom. The quantitative estimate of drug-likeness (QED) is 0.778. The van der Waals surface area contributed by atoms with Crippen LogP contribution in [0.4, 0.5) is 5.95 Å². The number of aromatic nitrogens is 4. The van der Waals surface area contributed by atoms with Crippen molar-refractivity contribution in [2.75, 3.05) is 5.73 Å². The van der Waals surface area contributed by atoms with Crippen molar-refractivity contribution in [2.45, 2.75) is 6.92 Å². The van der Waals surface area contributed by atoms with E-state index in [1.54, 1.807) is 36.0 Å². The van der Waals surface area contributed by atoms with Gasteiger partial charge in [-0.1, -0.05) is 0 Å². The van der Waals surface area contributed by atoms with Gasteiger partial charge in [-0.05, 0) is 25.1 Å². The number of nitrogens with two attached hydrogens (primary N) is 1. The summed E-state index contributed by atoms with van der Waals surface area (Å²) >= 11 is 1.51. The van der Waals surface area contributed by atoms with E-state index in [4.69, 9.17) is 5.73 Å². The van der Waals surface area contributed by atoms with Gasteiger partial charge in [0.1, 0.15) is 0 Å². The van der Waals surface area contributed by atoms with Gasteiger partial charge in [0.15, 0.2) is 5.82 Å². The number of hydrogen-bond donors (Lipinski definition) is 1. The second-order valence-corrected chi connectivity index (χ2v) is 5.31. The second kappa shape index (κ2) is 4.86. The van der Waals surface area contributed by atoms with E-state index < -0.39 is 0 Å². The van der Waals surface area contributed by atoms with Gasteiger partial charge >= 0.3 is 0 Å². The number of pyridine rings is 1. The molecule has 2 N–H and O–H groups in total. The van der Waals surface area contributed by atoms with Crippen LogP contribution >= 0.6 is 11.3 Å². The van der Waals surface area contributed by atoms with Crippen molar-refractivity contribution < 1.29 is 4.79 Å². The highest BCUT2D eigenvalue weighted by atomic mass is 32.1. The predicted molar refractivity (Wildman–Crippen MR) is 76.4 cm³/mol. The number of aryl methyl sites for hydroxylation is 1. The van der Waals surface area contributed by atoms with E-state index in [2.05, 4.69) is 15.1 Å². The molecule has 0 spiro atoms. The molecule has 6 nitrogen and oxygen atoms in total. The first-order valence-corrected chi connectivity index (χ1v) is 6.76. The van der Waals surface area contributed by atoms with Crippen LogP contribution < -0.4 is 5.73 Å². The molecule has 0 amide bonds. The minimum absolute atomic E-state index is 0.0747. The maximum absolute atomic E-state index is 12.3. The third-order valence-electron chi connectivity index (χ3n) is 2.74. The molecule has 100 valence electrons. The molecule has 0 saturated heterocycles. The number of anilines is 1. The molecular weight excluding hydrogens is 274 g/mol. The molecule has 3 heterocycles. The summed E-state index contributed by atoms with van der Waals surface area (Å²) in [6, 6.07) is 5.33. The predicted octanol–water partition coefficient (Wildman–Crippen LogP) is 1.98. The van der Waals surface area contributed by atoms with E-state index in [9.17, 15) is 4.79 Å². The third-order valence-corrected chi connectivity index (χ3v) is 3.60. The van der Waals surface area contributed by atoms with Gasteiger partial charge in [-0.25, -0.2) is 0 Å². The Morgan fingerprint density at radius 3 is 2.75 bits per heavy atom. The summed E-state index contributed by atoms with van der Waals surface area (Å²) in [6.45, 7) is 1.94. The Balaban J connectivity index is 1.99. The van der Waals surface area contributed by atoms with Gasteiger partial charge in [0.2, 0.25) is 5.95 Å². The normalized spacial score (nSPS) is 10.7. The summed E-state index contributed by atoms with van der Waals surface area (Å²) in [5.74, 6) is 0.204. The Labute approximate surface area is 118 Å². The molecule has 3 aromatic heterocycles. The van der Waals surface area contributed by atoms with E-state index in [1.165, 1.54) is 11.3 Å². The fraction of sp³-hybridized carbons (Fsp3) is 0.0769. The lowest BCUT2D eigenvalue weighted by Crippen LogP contribution is -2.15. The van der Waals surface area contributed by atoms with E-state index in [0.29, 0.717) is 11.4 Å². The van der Waals surface area contributed by atoms with Crippen molar-refractivity contribution in [2.24, 2.45) is 0 Å². The van der Waals surface area contributed by atoms with Crippen molar-refractivity contribution in [1.29, 1.82) is 0 Å². The van der Waals surface area contributed by atoms with Crippen molar-refractivity contribution in [3.8, 4) is 11.4 Å². The molecular formula is C13H11N5OS. The molecule has 0 unspecified atom stereocenters. The number of hydrogen-bond acceptors (Lipinski definition) is 6. The van der Waals surface area contributed by atoms with Gasteiger partial charge in [0, 0.05) is 28.2 Å². The van der Waals surface area contributed by atoms with Crippen LogP contribution in [0.1, 0.15) is 15.2 Å². The smallest absolute Gasteiger partial charge is 0.282 e. The van der Waals surface area contributed by atoms with E-state index >= 15 is 0 Å². The second-order valence-electron chi connectivity index (χ2n) is 4.19. The Hall–Kier alpha value is -2.54. The number of thiophene rings is 1. The van der Waals surface area contributed by atoms with Crippen molar-refractivity contribution >= 4 is 23.2 Å². The molecule has 0 radical (unpaired) electrons. The SMILES string of the molecule is Cc1cc(C(=O)n2nc(-c3ccncc3)nc2N)cs1. The molecule has 7 heteroatoms. The molecule has 0 aliphatic rings. The molecule has 0 fully saturated rings. The van der Waals surface area contributed by atoms with Crippen LogP contribution in [0.15, 0.2) is 36.0 Å². The lowest BCUT2D eigenvalue weighted by molar-refractivity contribution is 0.0948. The number of nitrogens with zero attached hydrogens (tertiary/aromatic N) is 4. The van der Waals surface area contributed by atoms with Crippen molar-refractivity contribution in [3.63, 3.8) is 0 Å².